The Balaban J connectivity index is 1.50. The van der Waals surface area contributed by atoms with E-state index in [1.54, 1.807) is 29.8 Å². The van der Waals surface area contributed by atoms with Gasteiger partial charge in [0.05, 0.1) is 22.2 Å². The van der Waals surface area contributed by atoms with Crippen molar-refractivity contribution in [3.05, 3.63) is 34.1 Å². The summed E-state index contributed by atoms with van der Waals surface area (Å²) in [4.78, 5) is 24.6. The summed E-state index contributed by atoms with van der Waals surface area (Å²) in [6, 6.07) is 5.14. The number of carbonyl (C=O) groups excluding carboxylic acids is 2. The molecule has 1 saturated carbocycles. The van der Waals surface area contributed by atoms with Gasteiger partial charge in [0.15, 0.2) is 5.16 Å². The van der Waals surface area contributed by atoms with Crippen molar-refractivity contribution in [3.63, 3.8) is 0 Å². The maximum atomic E-state index is 12.3. The van der Waals surface area contributed by atoms with Crippen LogP contribution in [-0.2, 0) is 23.1 Å². The number of rotatable bonds is 7. The zero-order valence-corrected chi connectivity index (χ0v) is 19.3. The Labute approximate surface area is 190 Å². The van der Waals surface area contributed by atoms with Crippen molar-refractivity contribution in [1.29, 1.82) is 0 Å². The highest BCUT2D eigenvalue weighted by atomic mass is 35.5. The molecule has 7 nitrogen and oxygen atoms in total. The van der Waals surface area contributed by atoms with Crippen LogP contribution in [0.5, 0.6) is 0 Å². The molecule has 0 unspecified atom stereocenters. The van der Waals surface area contributed by atoms with E-state index in [4.69, 9.17) is 23.2 Å². The van der Waals surface area contributed by atoms with Crippen LogP contribution < -0.4 is 10.6 Å². The second kappa shape index (κ2) is 10.5. The molecular weight excluding hydrogens is 445 g/mol. The summed E-state index contributed by atoms with van der Waals surface area (Å²) in [6.45, 7) is 2.19. The second-order valence-corrected chi connectivity index (χ2v) is 9.29. The monoisotopic (exact) mass is 469 g/mol. The number of anilines is 1. The molecule has 30 heavy (non-hydrogen) atoms. The quantitative estimate of drug-likeness (QED) is 0.595. The van der Waals surface area contributed by atoms with Gasteiger partial charge < -0.3 is 15.2 Å². The van der Waals surface area contributed by atoms with Crippen LogP contribution in [0.1, 0.15) is 38.4 Å². The molecule has 2 atom stereocenters. The maximum Gasteiger partial charge on any atom is 0.232 e. The van der Waals surface area contributed by atoms with Crippen LogP contribution in [0, 0.1) is 5.92 Å². The van der Waals surface area contributed by atoms with Crippen LogP contribution >= 0.6 is 35.0 Å². The summed E-state index contributed by atoms with van der Waals surface area (Å²) >= 11 is 13.2. The molecule has 2 N–H and O–H groups in total. The van der Waals surface area contributed by atoms with Gasteiger partial charge in [-0.2, -0.15) is 0 Å². The van der Waals surface area contributed by atoms with E-state index in [2.05, 4.69) is 27.8 Å². The third-order valence-corrected chi connectivity index (χ3v) is 7.00. The van der Waals surface area contributed by atoms with E-state index in [0.29, 0.717) is 32.6 Å². The lowest BCUT2D eigenvalue weighted by Crippen LogP contribution is -2.41. The summed E-state index contributed by atoms with van der Waals surface area (Å²) in [6.07, 6.45) is 4.66. The zero-order chi connectivity index (χ0) is 21.7. The molecule has 2 amide bonds. The second-order valence-electron chi connectivity index (χ2n) is 7.54. The average molecular weight is 470 g/mol. The Morgan fingerprint density at radius 2 is 1.93 bits per heavy atom. The van der Waals surface area contributed by atoms with E-state index >= 15 is 0 Å². The molecular formula is C20H25Cl2N5O2S. The molecule has 0 bridgehead atoms. The number of nitrogens with zero attached hydrogens (tertiary/aromatic N) is 3. The number of thioether (sulfide) groups is 1. The molecule has 0 spiro atoms. The largest absolute Gasteiger partial charge is 0.352 e. The molecule has 1 aromatic heterocycles. The van der Waals surface area contributed by atoms with Gasteiger partial charge in [-0.3, -0.25) is 9.59 Å². The number of amides is 2. The van der Waals surface area contributed by atoms with E-state index in [1.807, 2.05) is 0 Å². The molecule has 162 valence electrons. The van der Waals surface area contributed by atoms with E-state index in [1.165, 1.54) is 24.6 Å². The van der Waals surface area contributed by atoms with Crippen LogP contribution in [0.4, 0.5) is 5.69 Å². The lowest BCUT2D eigenvalue weighted by Gasteiger charge is -2.29. The van der Waals surface area contributed by atoms with Gasteiger partial charge in [0.1, 0.15) is 5.82 Å². The van der Waals surface area contributed by atoms with Crippen molar-refractivity contribution in [2.45, 2.75) is 50.2 Å². The highest BCUT2D eigenvalue weighted by molar-refractivity contribution is 7.99. The van der Waals surface area contributed by atoms with Crippen LogP contribution in [0.2, 0.25) is 10.0 Å². The number of hydrogen-bond donors (Lipinski definition) is 2. The summed E-state index contributed by atoms with van der Waals surface area (Å²) in [5.41, 5.74) is 0.555. The van der Waals surface area contributed by atoms with Crippen LogP contribution in [0.15, 0.2) is 23.4 Å². The number of carbonyl (C=O) groups is 2. The number of aromatic nitrogens is 3. The van der Waals surface area contributed by atoms with E-state index in [9.17, 15) is 9.59 Å². The zero-order valence-electron chi connectivity index (χ0n) is 17.0. The minimum Gasteiger partial charge on any atom is -0.352 e. The fourth-order valence-corrected chi connectivity index (χ4v) is 4.50. The van der Waals surface area contributed by atoms with Crippen molar-refractivity contribution < 1.29 is 9.59 Å². The van der Waals surface area contributed by atoms with Crippen molar-refractivity contribution >= 4 is 52.5 Å². The minimum absolute atomic E-state index is 0.000611. The first kappa shape index (κ1) is 22.9. The highest BCUT2D eigenvalue weighted by Crippen LogP contribution is 2.26. The first-order valence-electron chi connectivity index (χ1n) is 9.89. The molecule has 0 aliphatic heterocycles. The van der Waals surface area contributed by atoms with Crippen LogP contribution in [-0.4, -0.2) is 38.4 Å². The van der Waals surface area contributed by atoms with Gasteiger partial charge in [-0.25, -0.2) is 0 Å². The van der Waals surface area contributed by atoms with Gasteiger partial charge in [0.2, 0.25) is 11.8 Å². The van der Waals surface area contributed by atoms with Crippen molar-refractivity contribution in [2.75, 3.05) is 11.1 Å². The highest BCUT2D eigenvalue weighted by Gasteiger charge is 2.23. The topological polar surface area (TPSA) is 88.9 Å². The molecule has 0 saturated heterocycles. The number of nitrogens with one attached hydrogen (secondary N) is 2. The first-order chi connectivity index (χ1) is 14.3. The van der Waals surface area contributed by atoms with E-state index in [-0.39, 0.29) is 30.0 Å². The standard InChI is InChI=1S/C20H25Cl2N5O2S/c1-12-5-3-4-6-16(12)24-19(29)11-30-20-26-25-17(27(20)2)10-18(28)23-13-7-8-14(21)15(22)9-13/h7-9,12,16H,3-6,10-11H2,1-2H3,(H,23,28)(H,24,29)/t12-,16+/m1/s1. The van der Waals surface area contributed by atoms with Gasteiger partial charge in [0.25, 0.3) is 0 Å². The minimum atomic E-state index is -0.246. The smallest absolute Gasteiger partial charge is 0.232 e. The van der Waals surface area contributed by atoms with Crippen molar-refractivity contribution in [3.8, 4) is 0 Å². The Morgan fingerprint density at radius 1 is 1.17 bits per heavy atom. The van der Waals surface area contributed by atoms with E-state index < -0.39 is 0 Å². The summed E-state index contributed by atoms with van der Waals surface area (Å²) in [7, 11) is 1.78. The van der Waals surface area contributed by atoms with Gasteiger partial charge in [-0.1, -0.05) is 54.7 Å². The number of hydrogen-bond acceptors (Lipinski definition) is 5. The van der Waals surface area contributed by atoms with Crippen LogP contribution in [0.25, 0.3) is 0 Å². The molecule has 0 radical (unpaired) electrons. The Kier molecular flexibility index (Phi) is 8.02. The van der Waals surface area contributed by atoms with Gasteiger partial charge in [-0.15, -0.1) is 10.2 Å². The Morgan fingerprint density at radius 3 is 2.67 bits per heavy atom. The first-order valence-corrected chi connectivity index (χ1v) is 11.6. The normalized spacial score (nSPS) is 18.8. The van der Waals surface area contributed by atoms with Crippen LogP contribution in [0.3, 0.4) is 0 Å². The van der Waals surface area contributed by atoms with Gasteiger partial charge in [-0.05, 0) is 37.0 Å². The fraction of sp³-hybridized carbons (Fsp3) is 0.500. The van der Waals surface area contributed by atoms with Gasteiger partial charge in [0, 0.05) is 18.8 Å². The third-order valence-electron chi connectivity index (χ3n) is 5.24. The summed E-state index contributed by atoms with van der Waals surface area (Å²) < 4.78 is 1.73. The SMILES string of the molecule is C[C@@H]1CCCC[C@@H]1NC(=O)CSc1nnc(CC(=O)Nc2ccc(Cl)c(Cl)c2)n1C. The lowest BCUT2D eigenvalue weighted by molar-refractivity contribution is -0.120. The predicted octanol–water partition coefficient (Wildman–Crippen LogP) is 4.09. The molecule has 1 heterocycles. The van der Waals surface area contributed by atoms with Crippen molar-refractivity contribution in [1.82, 2.24) is 20.1 Å². The predicted molar refractivity (Wildman–Crippen MR) is 120 cm³/mol. The fourth-order valence-electron chi connectivity index (χ4n) is 3.46. The molecule has 1 aromatic carbocycles. The molecule has 3 rings (SSSR count). The number of halogens is 2. The Bertz CT molecular complexity index is 921. The number of benzene rings is 1. The lowest BCUT2D eigenvalue weighted by atomic mass is 9.86. The molecule has 1 aliphatic carbocycles. The van der Waals surface area contributed by atoms with E-state index in [0.717, 1.165) is 12.8 Å². The Hall–Kier alpha value is -1.77. The molecule has 1 aliphatic rings. The average Bonchev–Trinajstić information content (AvgIpc) is 3.04. The molecule has 1 fully saturated rings. The van der Waals surface area contributed by atoms with Crippen molar-refractivity contribution in [2.24, 2.45) is 13.0 Å². The third kappa shape index (κ3) is 6.12. The molecule has 10 heteroatoms. The summed E-state index contributed by atoms with van der Waals surface area (Å²) in [5, 5.41) is 15.5. The maximum absolute atomic E-state index is 12.3. The summed E-state index contributed by atoms with van der Waals surface area (Å²) in [5.74, 6) is 1.05. The van der Waals surface area contributed by atoms with Gasteiger partial charge >= 0.3 is 0 Å². The molecule has 2 aromatic rings.